The van der Waals surface area contributed by atoms with Gasteiger partial charge in [-0.05, 0) is 23.6 Å². The van der Waals surface area contributed by atoms with E-state index in [1.165, 1.54) is 5.56 Å². The van der Waals surface area contributed by atoms with Gasteiger partial charge in [0.05, 0.1) is 0 Å². The fraction of sp³-hybridized carbons (Fsp3) is 0.455. The Morgan fingerprint density at radius 1 is 1.38 bits per heavy atom. The average molecular weight is 178 g/mol. The van der Waals surface area contributed by atoms with Crippen LogP contribution in [0.1, 0.15) is 19.4 Å². The number of hydrogen-bond acceptors (Lipinski definition) is 2. The van der Waals surface area contributed by atoms with Gasteiger partial charge in [0.25, 0.3) is 0 Å². The van der Waals surface area contributed by atoms with Gasteiger partial charge in [0.15, 0.2) is 0 Å². The van der Waals surface area contributed by atoms with Crippen LogP contribution in [0.5, 0.6) is 0 Å². The number of nitrogens with one attached hydrogen (secondary N) is 1. The first kappa shape index (κ1) is 10.1. The fourth-order valence-electron chi connectivity index (χ4n) is 1.13. The predicted octanol–water partition coefficient (Wildman–Crippen LogP) is 2.21. The predicted molar refractivity (Wildman–Crippen MR) is 57.7 cm³/mol. The summed E-state index contributed by atoms with van der Waals surface area (Å²) in [4.78, 5) is 0. The van der Waals surface area contributed by atoms with Gasteiger partial charge in [-0.3, -0.25) is 0 Å². The van der Waals surface area contributed by atoms with Gasteiger partial charge in [-0.2, -0.15) is 0 Å². The third-order valence-corrected chi connectivity index (χ3v) is 1.88. The van der Waals surface area contributed by atoms with E-state index >= 15 is 0 Å². The molecule has 0 unspecified atom stereocenters. The van der Waals surface area contributed by atoms with Crippen LogP contribution in [0.3, 0.4) is 0 Å². The lowest BCUT2D eigenvalue weighted by Gasteiger charge is -2.09. The topological polar surface area (TPSA) is 38.0 Å². The Labute approximate surface area is 80.1 Å². The van der Waals surface area contributed by atoms with Crippen molar-refractivity contribution in [1.82, 2.24) is 0 Å². The Morgan fingerprint density at radius 2 is 2.15 bits per heavy atom. The van der Waals surface area contributed by atoms with Crippen LogP contribution >= 0.6 is 0 Å². The highest BCUT2D eigenvalue weighted by molar-refractivity contribution is 5.45. The van der Waals surface area contributed by atoms with Crippen molar-refractivity contribution in [3.8, 4) is 0 Å². The number of anilines is 1. The first-order valence-corrected chi connectivity index (χ1v) is 4.75. The molecule has 1 aromatic rings. The zero-order valence-electron chi connectivity index (χ0n) is 8.38. The van der Waals surface area contributed by atoms with Crippen molar-refractivity contribution < 1.29 is 0 Å². The first-order chi connectivity index (χ1) is 6.22. The number of benzene rings is 1. The summed E-state index contributed by atoms with van der Waals surface area (Å²) in [7, 11) is 0. The number of nitrogens with two attached hydrogens (primary N) is 1. The zero-order chi connectivity index (χ0) is 9.68. The highest BCUT2D eigenvalue weighted by Crippen LogP contribution is 2.10. The molecular weight excluding hydrogens is 160 g/mol. The van der Waals surface area contributed by atoms with Crippen molar-refractivity contribution in [3.63, 3.8) is 0 Å². The molecule has 3 N–H and O–H groups in total. The van der Waals surface area contributed by atoms with Crippen molar-refractivity contribution in [2.75, 3.05) is 11.9 Å². The van der Waals surface area contributed by atoms with Crippen molar-refractivity contribution in [3.05, 3.63) is 29.8 Å². The van der Waals surface area contributed by atoms with E-state index in [1.54, 1.807) is 0 Å². The molecule has 0 heterocycles. The first-order valence-electron chi connectivity index (χ1n) is 4.75. The highest BCUT2D eigenvalue weighted by atomic mass is 14.9. The molecule has 1 aromatic carbocycles. The Morgan fingerprint density at radius 3 is 2.77 bits per heavy atom. The van der Waals surface area contributed by atoms with Gasteiger partial charge in [0.2, 0.25) is 0 Å². The van der Waals surface area contributed by atoms with E-state index in [0.717, 1.165) is 12.2 Å². The van der Waals surface area contributed by atoms with E-state index in [-0.39, 0.29) is 0 Å². The van der Waals surface area contributed by atoms with Gasteiger partial charge in [0, 0.05) is 18.8 Å². The summed E-state index contributed by atoms with van der Waals surface area (Å²) in [5, 5.41) is 3.36. The summed E-state index contributed by atoms with van der Waals surface area (Å²) in [6, 6.07) is 8.25. The molecule has 0 radical (unpaired) electrons. The van der Waals surface area contributed by atoms with Gasteiger partial charge in [-0.25, -0.2) is 0 Å². The molecule has 0 fully saturated rings. The van der Waals surface area contributed by atoms with E-state index in [4.69, 9.17) is 5.73 Å². The molecule has 0 aliphatic heterocycles. The standard InChI is InChI=1S/C11H18N2/c1-9(2)8-13-11-5-3-4-10(6-11)7-12/h3-6,9,13H,7-8,12H2,1-2H3. The number of rotatable bonds is 4. The molecule has 0 spiro atoms. The summed E-state index contributed by atoms with van der Waals surface area (Å²) < 4.78 is 0. The molecule has 13 heavy (non-hydrogen) atoms. The Bertz CT molecular complexity index is 256. The third kappa shape index (κ3) is 3.47. The van der Waals surface area contributed by atoms with Gasteiger partial charge < -0.3 is 11.1 Å². The van der Waals surface area contributed by atoms with Crippen LogP contribution < -0.4 is 11.1 Å². The molecule has 1 rings (SSSR count). The van der Waals surface area contributed by atoms with Gasteiger partial charge in [-0.15, -0.1) is 0 Å². The third-order valence-electron chi connectivity index (χ3n) is 1.88. The van der Waals surface area contributed by atoms with Gasteiger partial charge in [0.1, 0.15) is 0 Å². The van der Waals surface area contributed by atoms with Crippen LogP contribution in [-0.2, 0) is 6.54 Å². The lowest BCUT2D eigenvalue weighted by Crippen LogP contribution is -2.08. The van der Waals surface area contributed by atoms with Crippen LogP contribution in [0, 0.1) is 5.92 Å². The SMILES string of the molecule is CC(C)CNc1cccc(CN)c1. The van der Waals surface area contributed by atoms with E-state index in [9.17, 15) is 0 Å². The largest absolute Gasteiger partial charge is 0.385 e. The number of hydrogen-bond donors (Lipinski definition) is 2. The molecule has 0 amide bonds. The molecular formula is C11H18N2. The van der Waals surface area contributed by atoms with Crippen molar-refractivity contribution in [2.45, 2.75) is 20.4 Å². The fourth-order valence-corrected chi connectivity index (χ4v) is 1.13. The van der Waals surface area contributed by atoms with Crippen molar-refractivity contribution >= 4 is 5.69 Å². The van der Waals surface area contributed by atoms with Gasteiger partial charge in [-0.1, -0.05) is 26.0 Å². The minimum Gasteiger partial charge on any atom is -0.385 e. The zero-order valence-corrected chi connectivity index (χ0v) is 8.38. The molecule has 0 aromatic heterocycles. The summed E-state index contributed by atoms with van der Waals surface area (Å²) in [5.74, 6) is 0.668. The monoisotopic (exact) mass is 178 g/mol. The average Bonchev–Trinajstić information content (AvgIpc) is 2.15. The molecule has 0 atom stereocenters. The minimum absolute atomic E-state index is 0.608. The molecule has 2 nitrogen and oxygen atoms in total. The maximum Gasteiger partial charge on any atom is 0.0343 e. The summed E-state index contributed by atoms with van der Waals surface area (Å²) in [6.45, 7) is 6.00. The van der Waals surface area contributed by atoms with Crippen LogP contribution in [-0.4, -0.2) is 6.54 Å². The normalized spacial score (nSPS) is 10.5. The quantitative estimate of drug-likeness (QED) is 0.742. The molecule has 0 saturated carbocycles. The van der Waals surface area contributed by atoms with Crippen LogP contribution in [0.4, 0.5) is 5.69 Å². The van der Waals surface area contributed by atoms with E-state index < -0.39 is 0 Å². The Hall–Kier alpha value is -1.02. The second kappa shape index (κ2) is 4.87. The highest BCUT2D eigenvalue weighted by Gasteiger charge is 1.95. The maximum absolute atomic E-state index is 5.55. The van der Waals surface area contributed by atoms with Crippen LogP contribution in [0.2, 0.25) is 0 Å². The second-order valence-corrected chi connectivity index (χ2v) is 3.68. The van der Waals surface area contributed by atoms with E-state index in [2.05, 4.69) is 31.3 Å². The molecule has 2 heteroatoms. The Kier molecular flexibility index (Phi) is 3.77. The minimum atomic E-state index is 0.608. The van der Waals surface area contributed by atoms with Gasteiger partial charge >= 0.3 is 0 Å². The van der Waals surface area contributed by atoms with E-state index in [1.807, 2.05) is 12.1 Å². The van der Waals surface area contributed by atoms with Crippen LogP contribution in [0.25, 0.3) is 0 Å². The molecule has 0 aliphatic rings. The summed E-state index contributed by atoms with van der Waals surface area (Å²) in [6.07, 6.45) is 0. The van der Waals surface area contributed by atoms with Crippen molar-refractivity contribution in [2.24, 2.45) is 11.7 Å². The smallest absolute Gasteiger partial charge is 0.0343 e. The second-order valence-electron chi connectivity index (χ2n) is 3.68. The van der Waals surface area contributed by atoms with E-state index in [0.29, 0.717) is 12.5 Å². The molecule has 0 aliphatic carbocycles. The molecule has 72 valence electrons. The lowest BCUT2D eigenvalue weighted by molar-refractivity contribution is 0.689. The summed E-state index contributed by atoms with van der Waals surface area (Å²) >= 11 is 0. The maximum atomic E-state index is 5.55. The molecule has 0 bridgehead atoms. The Balaban J connectivity index is 2.56. The van der Waals surface area contributed by atoms with Crippen LogP contribution in [0.15, 0.2) is 24.3 Å². The molecule has 0 saturated heterocycles. The summed E-state index contributed by atoms with van der Waals surface area (Å²) in [5.41, 5.74) is 7.89. The van der Waals surface area contributed by atoms with Crippen molar-refractivity contribution in [1.29, 1.82) is 0 Å². The lowest BCUT2D eigenvalue weighted by atomic mass is 10.2.